The molecule has 0 amide bonds. The van der Waals surface area contributed by atoms with Gasteiger partial charge in [0.05, 0.1) is 17.7 Å². The molecule has 0 aliphatic rings. The van der Waals surface area contributed by atoms with E-state index in [-0.39, 0.29) is 11.8 Å². The lowest BCUT2D eigenvalue weighted by molar-refractivity contribution is 0.0527. The third-order valence-corrected chi connectivity index (χ3v) is 4.48. The van der Waals surface area contributed by atoms with Gasteiger partial charge in [-0.25, -0.2) is 9.79 Å². The van der Waals surface area contributed by atoms with Gasteiger partial charge in [0.15, 0.2) is 5.88 Å². The number of hydrogen-bond acceptors (Lipinski definition) is 5. The molecule has 0 spiro atoms. The largest absolute Gasteiger partial charge is 0.494 e. The number of aromatic hydroxyl groups is 1. The van der Waals surface area contributed by atoms with Crippen molar-refractivity contribution in [2.24, 2.45) is 4.99 Å². The van der Waals surface area contributed by atoms with Crippen LogP contribution < -0.4 is 0 Å². The molecule has 0 bridgehead atoms. The molecule has 2 N–H and O–H groups in total. The number of carbonyl (C=O) groups excluding carboxylic acids is 1. The minimum absolute atomic E-state index is 0.0564. The zero-order chi connectivity index (χ0) is 16.4. The fraction of sp³-hybridized carbons (Fsp3) is 0.176. The molecule has 23 heavy (non-hydrogen) atoms. The Morgan fingerprint density at radius 3 is 3.00 bits per heavy atom. The summed E-state index contributed by atoms with van der Waals surface area (Å²) in [6.45, 7) is 3.94. The molecule has 3 rings (SSSR count). The number of para-hydroxylation sites is 1. The maximum Gasteiger partial charge on any atom is 0.341 e. The van der Waals surface area contributed by atoms with Gasteiger partial charge in [0.1, 0.15) is 5.00 Å². The Balaban J connectivity index is 2.00. The number of thiophene rings is 1. The van der Waals surface area contributed by atoms with Gasteiger partial charge in [-0.15, -0.1) is 11.3 Å². The summed E-state index contributed by atoms with van der Waals surface area (Å²) in [6, 6.07) is 7.57. The van der Waals surface area contributed by atoms with Gasteiger partial charge in [-0.1, -0.05) is 18.2 Å². The van der Waals surface area contributed by atoms with Crippen molar-refractivity contribution in [1.29, 1.82) is 0 Å². The lowest BCUT2D eigenvalue weighted by Gasteiger charge is -2.02. The molecule has 5 nitrogen and oxygen atoms in total. The predicted molar refractivity (Wildman–Crippen MR) is 92.2 cm³/mol. The van der Waals surface area contributed by atoms with Crippen LogP contribution in [-0.4, -0.2) is 28.9 Å². The van der Waals surface area contributed by atoms with Crippen LogP contribution in [0, 0.1) is 6.92 Å². The highest BCUT2D eigenvalue weighted by Gasteiger charge is 2.17. The van der Waals surface area contributed by atoms with Crippen LogP contribution in [0.2, 0.25) is 0 Å². The molecule has 0 atom stereocenters. The summed E-state index contributed by atoms with van der Waals surface area (Å²) in [6.07, 6.45) is 1.57. The van der Waals surface area contributed by atoms with Gasteiger partial charge >= 0.3 is 5.97 Å². The molecule has 6 heteroatoms. The van der Waals surface area contributed by atoms with Gasteiger partial charge in [-0.3, -0.25) is 0 Å². The van der Waals surface area contributed by atoms with Crippen molar-refractivity contribution in [2.45, 2.75) is 13.8 Å². The van der Waals surface area contributed by atoms with Crippen molar-refractivity contribution < 1.29 is 14.6 Å². The van der Waals surface area contributed by atoms with Crippen LogP contribution in [0.25, 0.3) is 10.9 Å². The van der Waals surface area contributed by atoms with Crippen LogP contribution in [-0.2, 0) is 4.74 Å². The number of H-pyrrole nitrogens is 1. The Bertz CT molecular complexity index is 893. The normalized spacial score (nSPS) is 11.4. The first-order valence-corrected chi connectivity index (χ1v) is 8.08. The standard InChI is InChI=1S/C17H16N2O3S/c1-3-22-17(21)14-10(2)9-23-16(14)18-8-12-11-6-4-5-7-13(11)19-15(12)20/h4-9,19-20H,3H2,1-2H3/b18-8+. The number of aromatic nitrogens is 1. The van der Waals surface area contributed by atoms with Crippen molar-refractivity contribution >= 4 is 39.4 Å². The summed E-state index contributed by atoms with van der Waals surface area (Å²) in [5, 5.41) is 13.4. The molecule has 0 saturated carbocycles. The maximum atomic E-state index is 12.0. The van der Waals surface area contributed by atoms with Gasteiger partial charge < -0.3 is 14.8 Å². The molecule has 2 heterocycles. The second-order valence-electron chi connectivity index (χ2n) is 5.01. The minimum Gasteiger partial charge on any atom is -0.494 e. The van der Waals surface area contributed by atoms with Gasteiger partial charge in [0, 0.05) is 17.1 Å². The molecule has 0 saturated heterocycles. The highest BCUT2D eigenvalue weighted by Crippen LogP contribution is 2.32. The lowest BCUT2D eigenvalue weighted by atomic mass is 10.2. The van der Waals surface area contributed by atoms with E-state index in [1.165, 1.54) is 11.3 Å². The maximum absolute atomic E-state index is 12.0. The van der Waals surface area contributed by atoms with Crippen LogP contribution in [0.1, 0.15) is 28.4 Å². The van der Waals surface area contributed by atoms with Crippen LogP contribution in [0.3, 0.4) is 0 Å². The third kappa shape index (κ3) is 2.85. The number of ether oxygens (including phenoxy) is 1. The van der Waals surface area contributed by atoms with Crippen LogP contribution in [0.15, 0.2) is 34.6 Å². The lowest BCUT2D eigenvalue weighted by Crippen LogP contribution is -2.04. The molecular weight excluding hydrogens is 312 g/mol. The van der Waals surface area contributed by atoms with Gasteiger partial charge in [0.25, 0.3) is 0 Å². The Morgan fingerprint density at radius 2 is 2.22 bits per heavy atom. The molecule has 0 aliphatic heterocycles. The highest BCUT2D eigenvalue weighted by atomic mass is 32.1. The molecule has 0 radical (unpaired) electrons. The first-order valence-electron chi connectivity index (χ1n) is 7.20. The number of nitrogens with one attached hydrogen (secondary N) is 1. The molecular formula is C17H16N2O3S. The Kier molecular flexibility index (Phi) is 4.16. The van der Waals surface area contributed by atoms with E-state index in [1.54, 1.807) is 13.1 Å². The van der Waals surface area contributed by atoms with Crippen molar-refractivity contribution in [3.05, 3.63) is 46.3 Å². The summed E-state index contributed by atoms with van der Waals surface area (Å²) in [7, 11) is 0. The van der Waals surface area contributed by atoms with E-state index in [0.29, 0.717) is 22.7 Å². The predicted octanol–water partition coefficient (Wildman–Crippen LogP) is 4.17. The Morgan fingerprint density at radius 1 is 1.43 bits per heavy atom. The van der Waals surface area contributed by atoms with Crippen molar-refractivity contribution in [2.75, 3.05) is 6.61 Å². The molecule has 0 aliphatic carbocycles. The van der Waals surface area contributed by atoms with E-state index >= 15 is 0 Å². The van der Waals surface area contributed by atoms with E-state index < -0.39 is 0 Å². The fourth-order valence-corrected chi connectivity index (χ4v) is 3.26. The van der Waals surface area contributed by atoms with Crippen LogP contribution in [0.4, 0.5) is 5.00 Å². The fourth-order valence-electron chi connectivity index (χ4n) is 2.38. The average Bonchev–Trinajstić information content (AvgIpc) is 3.05. The molecule has 0 unspecified atom stereocenters. The molecule has 1 aromatic carbocycles. The summed E-state index contributed by atoms with van der Waals surface area (Å²) < 4.78 is 5.08. The first kappa shape index (κ1) is 15.3. The molecule has 118 valence electrons. The van der Waals surface area contributed by atoms with Crippen molar-refractivity contribution in [3.8, 4) is 5.88 Å². The number of rotatable bonds is 4. The van der Waals surface area contributed by atoms with Crippen molar-refractivity contribution in [3.63, 3.8) is 0 Å². The van der Waals surface area contributed by atoms with E-state index in [0.717, 1.165) is 16.5 Å². The van der Waals surface area contributed by atoms with E-state index in [9.17, 15) is 9.90 Å². The summed E-state index contributed by atoms with van der Waals surface area (Å²) >= 11 is 1.37. The summed E-state index contributed by atoms with van der Waals surface area (Å²) in [4.78, 5) is 19.3. The number of esters is 1. The van der Waals surface area contributed by atoms with Crippen LogP contribution in [0.5, 0.6) is 5.88 Å². The quantitative estimate of drug-likeness (QED) is 0.557. The second kappa shape index (κ2) is 6.26. The molecule has 2 aromatic heterocycles. The highest BCUT2D eigenvalue weighted by molar-refractivity contribution is 7.14. The number of aliphatic imine (C=N–C) groups is 1. The zero-order valence-corrected chi connectivity index (χ0v) is 13.6. The van der Waals surface area contributed by atoms with Gasteiger partial charge in [0.2, 0.25) is 0 Å². The number of fused-ring (bicyclic) bond motifs is 1. The first-order chi connectivity index (χ1) is 11.1. The number of hydrogen-bond donors (Lipinski definition) is 2. The zero-order valence-electron chi connectivity index (χ0n) is 12.8. The van der Waals surface area contributed by atoms with E-state index in [2.05, 4.69) is 9.98 Å². The Hall–Kier alpha value is -2.60. The number of carbonyl (C=O) groups is 1. The molecule has 3 aromatic rings. The van der Waals surface area contributed by atoms with Gasteiger partial charge in [-0.2, -0.15) is 0 Å². The van der Waals surface area contributed by atoms with Gasteiger partial charge in [-0.05, 0) is 30.9 Å². The SMILES string of the molecule is CCOC(=O)c1c(C)csc1/N=C/c1c(O)[nH]c2ccccc12. The van der Waals surface area contributed by atoms with E-state index in [4.69, 9.17) is 4.74 Å². The monoisotopic (exact) mass is 328 g/mol. The Labute approximate surface area is 137 Å². The van der Waals surface area contributed by atoms with E-state index in [1.807, 2.05) is 36.6 Å². The summed E-state index contributed by atoms with van der Waals surface area (Å²) in [5.41, 5.74) is 2.75. The average molecular weight is 328 g/mol. The summed E-state index contributed by atoms with van der Waals surface area (Å²) in [5.74, 6) is -0.317. The smallest absolute Gasteiger partial charge is 0.341 e. The second-order valence-corrected chi connectivity index (χ2v) is 5.87. The number of aromatic amines is 1. The minimum atomic E-state index is -0.374. The number of nitrogens with zero attached hydrogens (tertiary/aromatic N) is 1. The van der Waals surface area contributed by atoms with Crippen LogP contribution >= 0.6 is 11.3 Å². The molecule has 0 fully saturated rings. The topological polar surface area (TPSA) is 74.7 Å². The van der Waals surface area contributed by atoms with Crippen molar-refractivity contribution in [1.82, 2.24) is 4.98 Å². The number of benzene rings is 1. The number of aryl methyl sites for hydroxylation is 1. The third-order valence-electron chi connectivity index (χ3n) is 3.47.